The summed E-state index contributed by atoms with van der Waals surface area (Å²) in [6.07, 6.45) is -1.86. The van der Waals surface area contributed by atoms with E-state index in [1.54, 1.807) is 35.5 Å². The van der Waals surface area contributed by atoms with Crippen LogP contribution >= 0.6 is 0 Å². The molecule has 0 unspecified atom stereocenters. The first-order valence-corrected chi connectivity index (χ1v) is 23.2. The number of aliphatic carboxylic acids is 5. The van der Waals surface area contributed by atoms with Crippen molar-refractivity contribution in [1.29, 1.82) is 0 Å². The molecule has 0 amide bonds. The largest absolute Gasteiger partial charge is 0.505 e. The summed E-state index contributed by atoms with van der Waals surface area (Å²) in [5, 5.41) is 64.6. The topological polar surface area (TPSA) is 446 Å². The zero-order chi connectivity index (χ0) is 60.4. The molecule has 0 bridgehead atoms. The van der Waals surface area contributed by atoms with Crippen LogP contribution in [0.15, 0.2) is 0 Å². The van der Waals surface area contributed by atoms with Crippen LogP contribution in [0.25, 0.3) is 0 Å². The molecule has 0 aromatic carbocycles. The molecule has 0 rings (SSSR count). The Morgan fingerprint density at radius 1 is 0.247 bits per heavy atom. The van der Waals surface area contributed by atoms with Gasteiger partial charge in [-0.25, -0.2) is 14.4 Å². The summed E-state index contributed by atoms with van der Waals surface area (Å²) in [7, 11) is 10.8. The van der Waals surface area contributed by atoms with Gasteiger partial charge in [-0.3, -0.25) is 24.0 Å². The summed E-state index contributed by atoms with van der Waals surface area (Å²) in [5.41, 5.74) is 0. The molecule has 0 fully saturated rings. The second-order valence-corrected chi connectivity index (χ2v) is 13.0. The fraction of sp³-hybridized carbons (Fsp3) is 0.822. The van der Waals surface area contributed by atoms with Gasteiger partial charge in [-0.2, -0.15) is 0 Å². The molecular formula is C45H90O32. The van der Waals surface area contributed by atoms with E-state index in [1.807, 2.05) is 6.92 Å². The molecule has 0 aromatic rings. The Balaban J connectivity index is -0.000000118. The summed E-state index contributed by atoms with van der Waals surface area (Å²) >= 11 is 0. The fourth-order valence-corrected chi connectivity index (χ4v) is 3.04. The van der Waals surface area contributed by atoms with Crippen molar-refractivity contribution in [3.8, 4) is 0 Å². The van der Waals surface area contributed by atoms with Gasteiger partial charge in [0.05, 0.1) is 138 Å². The van der Waals surface area contributed by atoms with Crippen LogP contribution in [0.5, 0.6) is 0 Å². The molecule has 0 aliphatic rings. The first-order chi connectivity index (χ1) is 36.7. The minimum absolute atomic E-state index is 0.0592. The second-order valence-electron chi connectivity index (χ2n) is 13.0. The van der Waals surface area contributed by atoms with Gasteiger partial charge in [-0.1, -0.05) is 6.92 Å². The lowest BCUT2D eigenvalue weighted by Gasteiger charge is -2.00. The maximum atomic E-state index is 10.0. The smallest absolute Gasteiger partial charge is 0.481 e. The van der Waals surface area contributed by atoms with Crippen molar-refractivity contribution in [3.05, 3.63) is 0 Å². The Bertz CT molecular complexity index is 1100. The van der Waals surface area contributed by atoms with E-state index in [0.717, 1.165) is 6.42 Å². The Morgan fingerprint density at radius 3 is 0.649 bits per heavy atom. The average Bonchev–Trinajstić information content (AvgIpc) is 3.36. The Labute approximate surface area is 449 Å². The van der Waals surface area contributed by atoms with Crippen LogP contribution in [0.2, 0.25) is 0 Å². The molecule has 32 nitrogen and oxygen atoms in total. The maximum absolute atomic E-state index is 10.0. The number of hydrogen-bond donors (Lipinski definition) is 8. The molecule has 0 atom stereocenters. The van der Waals surface area contributed by atoms with Crippen molar-refractivity contribution in [3.63, 3.8) is 0 Å². The van der Waals surface area contributed by atoms with Gasteiger partial charge in [0, 0.05) is 69.4 Å². The van der Waals surface area contributed by atoms with Crippen molar-refractivity contribution in [1.82, 2.24) is 0 Å². The number of carboxylic acid groups (broad SMARTS) is 8. The van der Waals surface area contributed by atoms with Gasteiger partial charge in [0.25, 0.3) is 0 Å². The normalized spacial score (nSPS) is 9.45. The fourth-order valence-electron chi connectivity index (χ4n) is 3.04. The molecule has 0 aliphatic carbocycles. The Hall–Kier alpha value is -5.36. The number of rotatable bonds is 42. The van der Waals surface area contributed by atoms with E-state index in [1.165, 1.54) is 14.2 Å². The van der Waals surface area contributed by atoms with Crippen molar-refractivity contribution in [2.24, 2.45) is 0 Å². The zero-order valence-corrected chi connectivity index (χ0v) is 45.9. The number of hydrogen-bond acceptors (Lipinski definition) is 24. The molecular weight excluding hydrogens is 1050 g/mol. The quantitative estimate of drug-likeness (QED) is 0.0247. The first kappa shape index (κ1) is 88.3. The third kappa shape index (κ3) is 147. The van der Waals surface area contributed by atoms with Crippen molar-refractivity contribution in [2.75, 3.05) is 195 Å². The summed E-state index contributed by atoms with van der Waals surface area (Å²) < 4.78 is 74.3. The molecule has 0 saturated carbocycles. The standard InChI is InChI=1S/C7H14O4.5C6H12O4.2C4H8O4/c1-10-5-6-11-4-2-3-7(8)9;4*1-9-4-5-10-3-2-6(7)8;1-2-3-9-4-5-10-6(7)8;2*1-7-2-3-8-4(5)6/h2-6H2,1H3,(H,8,9);5*2-5H2,1H3,(H,7,8);2*2-3H2,1H3,(H,5,6). The molecule has 0 aromatic heterocycles. The van der Waals surface area contributed by atoms with Gasteiger partial charge in [-0.15, -0.1) is 0 Å². The summed E-state index contributed by atoms with van der Waals surface area (Å²) in [6.45, 7) is 10.5. The highest BCUT2D eigenvalue weighted by atomic mass is 16.7. The average molecular weight is 1140 g/mol. The summed E-state index contributed by atoms with van der Waals surface area (Å²) in [4.78, 5) is 78.6. The molecule has 0 heterocycles. The Morgan fingerprint density at radius 2 is 0.442 bits per heavy atom. The SMILES string of the molecule is CCCOCCOC(=O)O.COCCOC(=O)O.COCCOC(=O)O.COCCOCCC(=O)O.COCCOCCC(=O)O.COCCOCCC(=O)O.COCCOCCC(=O)O.COCCOCCCC(=O)O. The summed E-state index contributed by atoms with van der Waals surface area (Å²) in [5.74, 6) is -4.12. The number of carbonyl (C=O) groups is 8. The second kappa shape index (κ2) is 84.6. The van der Waals surface area contributed by atoms with Crippen LogP contribution in [0.4, 0.5) is 14.4 Å². The number of methoxy groups -OCH3 is 7. The molecule has 77 heavy (non-hydrogen) atoms. The molecule has 0 saturated heterocycles. The van der Waals surface area contributed by atoms with Crippen molar-refractivity contribution < 1.29 is 155 Å². The van der Waals surface area contributed by atoms with Crippen LogP contribution in [-0.2, 0) is 99.8 Å². The molecule has 0 spiro atoms. The van der Waals surface area contributed by atoms with E-state index in [9.17, 15) is 38.4 Å². The predicted molar refractivity (Wildman–Crippen MR) is 266 cm³/mol. The lowest BCUT2D eigenvalue weighted by molar-refractivity contribution is -0.139. The zero-order valence-electron chi connectivity index (χ0n) is 45.9. The van der Waals surface area contributed by atoms with Crippen LogP contribution < -0.4 is 0 Å². The van der Waals surface area contributed by atoms with Gasteiger partial charge in [-0.05, 0) is 12.8 Å². The minimum atomic E-state index is -1.26. The van der Waals surface area contributed by atoms with Crippen molar-refractivity contribution >= 4 is 48.3 Å². The van der Waals surface area contributed by atoms with E-state index in [4.69, 9.17) is 74.0 Å². The lowest BCUT2D eigenvalue weighted by Crippen LogP contribution is -2.08. The maximum Gasteiger partial charge on any atom is 0.505 e. The van der Waals surface area contributed by atoms with Crippen molar-refractivity contribution in [2.45, 2.75) is 51.9 Å². The molecule has 0 aliphatic heterocycles. The van der Waals surface area contributed by atoms with E-state index < -0.39 is 48.3 Å². The third-order valence-corrected chi connectivity index (χ3v) is 6.51. The van der Waals surface area contributed by atoms with E-state index in [2.05, 4.69) is 42.6 Å². The summed E-state index contributed by atoms with van der Waals surface area (Å²) in [6, 6.07) is 0. The van der Waals surface area contributed by atoms with Gasteiger partial charge in [0.15, 0.2) is 0 Å². The number of ether oxygens (including phenoxy) is 16. The van der Waals surface area contributed by atoms with E-state index in [-0.39, 0.29) is 78.4 Å². The van der Waals surface area contributed by atoms with Gasteiger partial charge in [0.1, 0.15) is 19.8 Å². The highest BCUT2D eigenvalue weighted by Crippen LogP contribution is 1.90. The highest BCUT2D eigenvalue weighted by molar-refractivity contribution is 5.67. The van der Waals surface area contributed by atoms with Gasteiger partial charge < -0.3 is 117 Å². The molecule has 462 valence electrons. The molecule has 0 radical (unpaired) electrons. The molecule has 32 heteroatoms. The Kier molecular flexibility index (Phi) is 97.0. The van der Waals surface area contributed by atoms with Crippen LogP contribution in [-0.4, -0.2) is 284 Å². The van der Waals surface area contributed by atoms with Gasteiger partial charge >= 0.3 is 48.3 Å². The first-order valence-electron chi connectivity index (χ1n) is 23.2. The molecule has 8 N–H and O–H groups in total. The van der Waals surface area contributed by atoms with Crippen LogP contribution in [0, 0.1) is 0 Å². The predicted octanol–water partition coefficient (Wildman–Crippen LogP) is 2.77. The monoisotopic (exact) mass is 1140 g/mol. The highest BCUT2D eigenvalue weighted by Gasteiger charge is 1.99. The van der Waals surface area contributed by atoms with Gasteiger partial charge in [0.2, 0.25) is 0 Å². The third-order valence-electron chi connectivity index (χ3n) is 6.51. The van der Waals surface area contributed by atoms with Crippen LogP contribution in [0.3, 0.4) is 0 Å². The lowest BCUT2D eigenvalue weighted by atomic mass is 10.3. The number of carboxylic acids is 5. The van der Waals surface area contributed by atoms with E-state index in [0.29, 0.717) is 106 Å². The van der Waals surface area contributed by atoms with E-state index >= 15 is 0 Å². The van der Waals surface area contributed by atoms with Crippen LogP contribution in [0.1, 0.15) is 51.9 Å². The minimum Gasteiger partial charge on any atom is -0.481 e.